The Morgan fingerprint density at radius 3 is 2.23 bits per heavy atom. The SMILES string of the molecule is COc1ccc(CN(C(=O)CSCc2ccc(F)cc2)[C@H](C)C(=O)NCC(C)C)cc1. The molecular weight excluding hydrogens is 415 g/mol. The van der Waals surface area contributed by atoms with E-state index in [1.165, 1.54) is 23.9 Å². The molecule has 0 aliphatic rings. The Labute approximate surface area is 188 Å². The highest BCUT2D eigenvalue weighted by molar-refractivity contribution is 7.99. The first-order valence-electron chi connectivity index (χ1n) is 10.3. The van der Waals surface area contributed by atoms with Gasteiger partial charge in [-0.15, -0.1) is 11.8 Å². The van der Waals surface area contributed by atoms with Gasteiger partial charge in [0, 0.05) is 18.8 Å². The monoisotopic (exact) mass is 446 g/mol. The van der Waals surface area contributed by atoms with Gasteiger partial charge in [0.1, 0.15) is 17.6 Å². The maximum atomic E-state index is 13.1. The molecule has 1 atom stereocenters. The number of nitrogens with zero attached hydrogens (tertiary/aromatic N) is 1. The number of hydrogen-bond donors (Lipinski definition) is 1. The number of methoxy groups -OCH3 is 1. The summed E-state index contributed by atoms with van der Waals surface area (Å²) < 4.78 is 18.3. The van der Waals surface area contributed by atoms with Gasteiger partial charge in [0.05, 0.1) is 12.9 Å². The molecule has 1 N–H and O–H groups in total. The van der Waals surface area contributed by atoms with Crippen LogP contribution in [0.2, 0.25) is 0 Å². The first-order chi connectivity index (χ1) is 14.8. The minimum Gasteiger partial charge on any atom is -0.497 e. The third-order valence-electron chi connectivity index (χ3n) is 4.77. The number of ether oxygens (including phenoxy) is 1. The molecule has 0 radical (unpaired) electrons. The number of rotatable bonds is 11. The van der Waals surface area contributed by atoms with Crippen molar-refractivity contribution in [2.24, 2.45) is 5.92 Å². The van der Waals surface area contributed by atoms with Gasteiger partial charge in [-0.3, -0.25) is 9.59 Å². The fraction of sp³-hybridized carbons (Fsp3) is 0.417. The summed E-state index contributed by atoms with van der Waals surface area (Å²) in [4.78, 5) is 27.3. The Morgan fingerprint density at radius 1 is 1.03 bits per heavy atom. The maximum absolute atomic E-state index is 13.1. The Balaban J connectivity index is 2.05. The number of carbonyl (C=O) groups is 2. The number of benzene rings is 2. The van der Waals surface area contributed by atoms with Gasteiger partial charge in [0.15, 0.2) is 0 Å². The second-order valence-electron chi connectivity index (χ2n) is 7.80. The van der Waals surface area contributed by atoms with Crippen LogP contribution in [0.4, 0.5) is 4.39 Å². The molecule has 0 spiro atoms. The van der Waals surface area contributed by atoms with Crippen molar-refractivity contribution < 1.29 is 18.7 Å². The predicted molar refractivity (Wildman–Crippen MR) is 123 cm³/mol. The minimum atomic E-state index is -0.597. The summed E-state index contributed by atoms with van der Waals surface area (Å²) in [6.07, 6.45) is 0. The van der Waals surface area contributed by atoms with Crippen LogP contribution in [-0.4, -0.2) is 42.2 Å². The second kappa shape index (κ2) is 12.3. The molecule has 0 fully saturated rings. The molecule has 0 aliphatic carbocycles. The van der Waals surface area contributed by atoms with Gasteiger partial charge >= 0.3 is 0 Å². The van der Waals surface area contributed by atoms with Crippen LogP contribution in [0.5, 0.6) is 5.75 Å². The molecule has 2 rings (SSSR count). The van der Waals surface area contributed by atoms with Crippen molar-refractivity contribution in [3.63, 3.8) is 0 Å². The van der Waals surface area contributed by atoms with E-state index in [4.69, 9.17) is 4.74 Å². The number of amides is 2. The molecule has 0 aromatic heterocycles. The van der Waals surface area contributed by atoms with E-state index in [9.17, 15) is 14.0 Å². The van der Waals surface area contributed by atoms with Crippen LogP contribution >= 0.6 is 11.8 Å². The Bertz CT molecular complexity index is 841. The van der Waals surface area contributed by atoms with Crippen LogP contribution < -0.4 is 10.1 Å². The maximum Gasteiger partial charge on any atom is 0.242 e. The van der Waals surface area contributed by atoms with Crippen molar-refractivity contribution in [1.82, 2.24) is 10.2 Å². The van der Waals surface area contributed by atoms with Gasteiger partial charge in [-0.25, -0.2) is 4.39 Å². The van der Waals surface area contributed by atoms with Gasteiger partial charge in [-0.05, 0) is 48.2 Å². The zero-order chi connectivity index (χ0) is 22.8. The average molecular weight is 447 g/mol. The van der Waals surface area contributed by atoms with Gasteiger partial charge in [0.25, 0.3) is 0 Å². The normalized spacial score (nSPS) is 11.8. The summed E-state index contributed by atoms with van der Waals surface area (Å²) in [5, 5.41) is 2.91. The number of halogens is 1. The molecule has 0 saturated carbocycles. The van der Waals surface area contributed by atoms with Gasteiger partial charge in [0.2, 0.25) is 11.8 Å². The summed E-state index contributed by atoms with van der Waals surface area (Å²) in [6.45, 7) is 6.69. The molecule has 0 bridgehead atoms. The van der Waals surface area contributed by atoms with Crippen molar-refractivity contribution in [2.75, 3.05) is 19.4 Å². The molecule has 31 heavy (non-hydrogen) atoms. The molecule has 0 saturated heterocycles. The van der Waals surface area contributed by atoms with E-state index in [-0.39, 0.29) is 23.4 Å². The van der Waals surface area contributed by atoms with Gasteiger partial charge in [-0.1, -0.05) is 38.1 Å². The van der Waals surface area contributed by atoms with Crippen molar-refractivity contribution in [2.45, 2.75) is 39.1 Å². The first-order valence-corrected chi connectivity index (χ1v) is 11.5. The molecule has 2 aromatic rings. The third kappa shape index (κ3) is 8.25. The zero-order valence-electron chi connectivity index (χ0n) is 18.6. The number of thioether (sulfide) groups is 1. The van der Waals surface area contributed by atoms with Crippen LogP contribution in [0.1, 0.15) is 31.9 Å². The van der Waals surface area contributed by atoms with Crippen LogP contribution in [-0.2, 0) is 21.9 Å². The third-order valence-corrected chi connectivity index (χ3v) is 5.76. The largest absolute Gasteiger partial charge is 0.497 e. The van der Waals surface area contributed by atoms with E-state index >= 15 is 0 Å². The average Bonchev–Trinajstić information content (AvgIpc) is 2.77. The van der Waals surface area contributed by atoms with E-state index in [0.717, 1.165) is 16.9 Å². The Morgan fingerprint density at radius 2 is 1.65 bits per heavy atom. The molecule has 0 heterocycles. The summed E-state index contributed by atoms with van der Waals surface area (Å²) in [6, 6.07) is 13.1. The van der Waals surface area contributed by atoms with E-state index < -0.39 is 6.04 Å². The number of hydrogen-bond acceptors (Lipinski definition) is 4. The van der Waals surface area contributed by atoms with Crippen LogP contribution in [0.15, 0.2) is 48.5 Å². The van der Waals surface area contributed by atoms with E-state index in [1.807, 2.05) is 38.1 Å². The highest BCUT2D eigenvalue weighted by Gasteiger charge is 2.26. The molecule has 0 aliphatic heterocycles. The Kier molecular flexibility index (Phi) is 9.85. The lowest BCUT2D eigenvalue weighted by Crippen LogP contribution is -2.48. The molecule has 7 heteroatoms. The van der Waals surface area contributed by atoms with Gasteiger partial charge in [-0.2, -0.15) is 0 Å². The van der Waals surface area contributed by atoms with Crippen LogP contribution in [0.25, 0.3) is 0 Å². The van der Waals surface area contributed by atoms with E-state index in [0.29, 0.717) is 24.8 Å². The Hall–Kier alpha value is -2.54. The standard InChI is InChI=1S/C24H31FN2O3S/c1-17(2)13-26-24(29)18(3)27(14-19-7-11-22(30-4)12-8-19)23(28)16-31-15-20-5-9-21(25)10-6-20/h5-12,17-18H,13-16H2,1-4H3,(H,26,29)/t18-/m1/s1. The predicted octanol–water partition coefficient (Wildman–Crippen LogP) is 4.26. The molecule has 2 amide bonds. The lowest BCUT2D eigenvalue weighted by Gasteiger charge is -2.29. The fourth-order valence-corrected chi connectivity index (χ4v) is 3.75. The molecular formula is C24H31FN2O3S. The quantitative estimate of drug-likeness (QED) is 0.560. The van der Waals surface area contributed by atoms with Gasteiger partial charge < -0.3 is 15.0 Å². The number of carbonyl (C=O) groups excluding carboxylic acids is 2. The van der Waals surface area contributed by atoms with Crippen LogP contribution in [0, 0.1) is 11.7 Å². The minimum absolute atomic E-state index is 0.116. The van der Waals surface area contributed by atoms with E-state index in [2.05, 4.69) is 5.32 Å². The second-order valence-corrected chi connectivity index (χ2v) is 8.79. The topological polar surface area (TPSA) is 58.6 Å². The molecule has 5 nitrogen and oxygen atoms in total. The lowest BCUT2D eigenvalue weighted by molar-refractivity contribution is -0.138. The summed E-state index contributed by atoms with van der Waals surface area (Å²) in [5.41, 5.74) is 1.87. The summed E-state index contributed by atoms with van der Waals surface area (Å²) in [5.74, 6) is 1.32. The smallest absolute Gasteiger partial charge is 0.242 e. The first kappa shape index (κ1) is 24.7. The van der Waals surface area contributed by atoms with Crippen molar-refractivity contribution in [3.8, 4) is 5.75 Å². The van der Waals surface area contributed by atoms with Crippen LogP contribution in [0.3, 0.4) is 0 Å². The van der Waals surface area contributed by atoms with Crippen molar-refractivity contribution in [1.29, 1.82) is 0 Å². The highest BCUT2D eigenvalue weighted by atomic mass is 32.2. The highest BCUT2D eigenvalue weighted by Crippen LogP contribution is 2.18. The summed E-state index contributed by atoms with van der Waals surface area (Å²) in [7, 11) is 1.60. The molecule has 0 unspecified atom stereocenters. The van der Waals surface area contributed by atoms with Crippen molar-refractivity contribution >= 4 is 23.6 Å². The lowest BCUT2D eigenvalue weighted by atomic mass is 10.1. The number of nitrogens with one attached hydrogen (secondary N) is 1. The molecule has 2 aromatic carbocycles. The zero-order valence-corrected chi connectivity index (χ0v) is 19.4. The summed E-state index contributed by atoms with van der Waals surface area (Å²) >= 11 is 1.45. The fourth-order valence-electron chi connectivity index (χ4n) is 2.88. The van der Waals surface area contributed by atoms with E-state index in [1.54, 1.807) is 31.1 Å². The molecule has 168 valence electrons. The van der Waals surface area contributed by atoms with Crippen molar-refractivity contribution in [3.05, 3.63) is 65.5 Å².